The number of nitrogens with zero attached hydrogens (tertiary/aromatic N) is 2. The molecule has 5 nitrogen and oxygen atoms in total. The number of methoxy groups -OCH3 is 1. The summed E-state index contributed by atoms with van der Waals surface area (Å²) in [4.78, 5) is 16.4. The van der Waals surface area contributed by atoms with Crippen LogP contribution >= 0.6 is 11.6 Å². The van der Waals surface area contributed by atoms with Crippen molar-refractivity contribution in [2.75, 3.05) is 20.3 Å². The summed E-state index contributed by atoms with van der Waals surface area (Å²) in [6.07, 6.45) is 3.62. The Bertz CT molecular complexity index is 845. The van der Waals surface area contributed by atoms with Crippen molar-refractivity contribution in [3.8, 4) is 11.1 Å². The highest BCUT2D eigenvalue weighted by Crippen LogP contribution is 2.27. The lowest BCUT2D eigenvalue weighted by atomic mass is 10.1. The van der Waals surface area contributed by atoms with Crippen LogP contribution in [0.3, 0.4) is 0 Å². The monoisotopic (exact) mass is 329 g/mol. The molecule has 0 bridgehead atoms. The molecule has 1 amide bonds. The van der Waals surface area contributed by atoms with Gasteiger partial charge in [-0.25, -0.2) is 4.98 Å². The van der Waals surface area contributed by atoms with Gasteiger partial charge in [-0.05, 0) is 23.8 Å². The number of hydrogen-bond acceptors (Lipinski definition) is 3. The van der Waals surface area contributed by atoms with E-state index in [1.165, 1.54) is 0 Å². The minimum Gasteiger partial charge on any atom is -0.383 e. The van der Waals surface area contributed by atoms with Crippen LogP contribution in [-0.2, 0) is 4.74 Å². The lowest BCUT2D eigenvalue weighted by Crippen LogP contribution is -2.27. The molecule has 2 heterocycles. The zero-order chi connectivity index (χ0) is 16.2. The van der Waals surface area contributed by atoms with Gasteiger partial charge in [0.05, 0.1) is 6.61 Å². The molecule has 0 fully saturated rings. The van der Waals surface area contributed by atoms with E-state index in [1.807, 2.05) is 47.0 Å². The molecule has 1 aromatic carbocycles. The Morgan fingerprint density at radius 3 is 2.87 bits per heavy atom. The molecule has 1 N–H and O–H groups in total. The van der Waals surface area contributed by atoms with Gasteiger partial charge >= 0.3 is 0 Å². The van der Waals surface area contributed by atoms with Crippen molar-refractivity contribution in [2.45, 2.75) is 0 Å². The number of pyridine rings is 1. The van der Waals surface area contributed by atoms with E-state index in [-0.39, 0.29) is 5.91 Å². The Morgan fingerprint density at radius 1 is 1.26 bits per heavy atom. The van der Waals surface area contributed by atoms with E-state index >= 15 is 0 Å². The molecule has 118 valence electrons. The Kier molecular flexibility index (Phi) is 4.60. The summed E-state index contributed by atoms with van der Waals surface area (Å²) in [5.41, 5.74) is 2.98. The molecule has 0 aliphatic heterocycles. The molecule has 0 saturated carbocycles. The zero-order valence-electron chi connectivity index (χ0n) is 12.6. The number of rotatable bonds is 5. The van der Waals surface area contributed by atoms with E-state index in [0.29, 0.717) is 29.5 Å². The minimum atomic E-state index is -0.218. The molecule has 0 saturated heterocycles. The molecule has 0 radical (unpaired) electrons. The summed E-state index contributed by atoms with van der Waals surface area (Å²) >= 11 is 6.24. The fourth-order valence-corrected chi connectivity index (χ4v) is 2.56. The molecule has 0 spiro atoms. The van der Waals surface area contributed by atoms with Crippen LogP contribution in [0.25, 0.3) is 16.8 Å². The Hall–Kier alpha value is -2.37. The van der Waals surface area contributed by atoms with Gasteiger partial charge in [-0.15, -0.1) is 0 Å². The van der Waals surface area contributed by atoms with Crippen LogP contribution < -0.4 is 5.32 Å². The molecule has 2 aromatic heterocycles. The summed E-state index contributed by atoms with van der Waals surface area (Å²) in [6.45, 7) is 0.920. The van der Waals surface area contributed by atoms with E-state index in [1.54, 1.807) is 13.3 Å². The maximum absolute atomic E-state index is 12.0. The first-order valence-electron chi connectivity index (χ1n) is 7.20. The molecular formula is C17H16ClN3O2. The number of halogens is 1. The maximum Gasteiger partial charge on any atom is 0.271 e. The van der Waals surface area contributed by atoms with Gasteiger partial charge in [0.2, 0.25) is 0 Å². The first-order chi connectivity index (χ1) is 11.2. The second-order valence-corrected chi connectivity index (χ2v) is 5.45. The van der Waals surface area contributed by atoms with Crippen molar-refractivity contribution >= 4 is 23.2 Å². The van der Waals surface area contributed by atoms with Gasteiger partial charge in [0, 0.05) is 36.6 Å². The van der Waals surface area contributed by atoms with E-state index in [0.717, 1.165) is 11.1 Å². The van der Waals surface area contributed by atoms with E-state index < -0.39 is 0 Å². The van der Waals surface area contributed by atoms with Crippen molar-refractivity contribution < 1.29 is 9.53 Å². The highest BCUT2D eigenvalue weighted by Gasteiger charge is 2.11. The van der Waals surface area contributed by atoms with Gasteiger partial charge in [-0.2, -0.15) is 0 Å². The van der Waals surface area contributed by atoms with Crippen molar-refractivity contribution in [1.82, 2.24) is 14.7 Å². The first-order valence-corrected chi connectivity index (χ1v) is 7.57. The minimum absolute atomic E-state index is 0.218. The van der Waals surface area contributed by atoms with Crippen molar-refractivity contribution in [1.29, 1.82) is 0 Å². The summed E-state index contributed by atoms with van der Waals surface area (Å²) in [6, 6.07) is 11.4. The van der Waals surface area contributed by atoms with Crippen molar-refractivity contribution in [2.24, 2.45) is 0 Å². The van der Waals surface area contributed by atoms with Gasteiger partial charge in [-0.1, -0.05) is 29.8 Å². The fraction of sp³-hybridized carbons (Fsp3) is 0.176. The Labute approximate surface area is 138 Å². The average molecular weight is 330 g/mol. The second-order valence-electron chi connectivity index (χ2n) is 5.04. The number of carbonyl (C=O) groups is 1. The standard InChI is InChI=1S/C17H16ClN3O2/c1-23-9-8-19-17(22)15-11-21-10-12(6-7-16(21)20-15)13-4-2-3-5-14(13)18/h2-7,10-11H,8-9H2,1H3,(H,19,22). The second kappa shape index (κ2) is 6.81. The molecule has 0 unspecified atom stereocenters. The molecule has 0 atom stereocenters. The van der Waals surface area contributed by atoms with E-state index in [4.69, 9.17) is 16.3 Å². The third-order valence-corrected chi connectivity index (χ3v) is 3.79. The third-order valence-electron chi connectivity index (χ3n) is 3.46. The Morgan fingerprint density at radius 2 is 2.09 bits per heavy atom. The molecule has 0 aliphatic rings. The Balaban J connectivity index is 1.89. The number of fused-ring (bicyclic) bond motifs is 1. The van der Waals surface area contributed by atoms with Gasteiger partial charge in [0.25, 0.3) is 5.91 Å². The molecule has 6 heteroatoms. The predicted molar refractivity (Wildman–Crippen MR) is 89.8 cm³/mol. The maximum atomic E-state index is 12.0. The van der Waals surface area contributed by atoms with E-state index in [2.05, 4.69) is 10.3 Å². The number of nitrogens with one attached hydrogen (secondary N) is 1. The topological polar surface area (TPSA) is 55.6 Å². The summed E-state index contributed by atoms with van der Waals surface area (Å²) in [5, 5.41) is 3.44. The van der Waals surface area contributed by atoms with Gasteiger partial charge in [0.15, 0.2) is 0 Å². The fourth-order valence-electron chi connectivity index (χ4n) is 2.31. The number of amides is 1. The van der Waals surface area contributed by atoms with E-state index in [9.17, 15) is 4.79 Å². The number of carbonyl (C=O) groups excluding carboxylic acids is 1. The molecule has 3 rings (SSSR count). The van der Waals surface area contributed by atoms with Crippen LogP contribution in [-0.4, -0.2) is 35.6 Å². The summed E-state index contributed by atoms with van der Waals surface area (Å²) in [5.74, 6) is -0.218. The third kappa shape index (κ3) is 3.36. The number of aromatic nitrogens is 2. The van der Waals surface area contributed by atoms with Crippen molar-refractivity contribution in [3.05, 3.63) is 59.5 Å². The number of imidazole rings is 1. The van der Waals surface area contributed by atoms with Crippen molar-refractivity contribution in [3.63, 3.8) is 0 Å². The quantitative estimate of drug-likeness (QED) is 0.732. The van der Waals surface area contributed by atoms with Crippen LogP contribution in [0.5, 0.6) is 0 Å². The number of ether oxygens (including phenoxy) is 1. The van der Waals surface area contributed by atoms with Crippen LogP contribution in [0.4, 0.5) is 0 Å². The summed E-state index contributed by atoms with van der Waals surface area (Å²) < 4.78 is 6.73. The highest BCUT2D eigenvalue weighted by molar-refractivity contribution is 6.33. The van der Waals surface area contributed by atoms with Crippen LogP contribution in [0.1, 0.15) is 10.5 Å². The van der Waals surface area contributed by atoms with Crippen LogP contribution in [0, 0.1) is 0 Å². The lowest BCUT2D eigenvalue weighted by molar-refractivity contribution is 0.0932. The average Bonchev–Trinajstić information content (AvgIpc) is 2.98. The molecular weight excluding hydrogens is 314 g/mol. The lowest BCUT2D eigenvalue weighted by Gasteiger charge is -2.04. The number of hydrogen-bond donors (Lipinski definition) is 1. The normalized spacial score (nSPS) is 10.9. The van der Waals surface area contributed by atoms with Crippen LogP contribution in [0.2, 0.25) is 5.02 Å². The largest absolute Gasteiger partial charge is 0.383 e. The SMILES string of the molecule is COCCNC(=O)c1cn2cc(-c3ccccc3Cl)ccc2n1. The first kappa shape index (κ1) is 15.5. The molecule has 23 heavy (non-hydrogen) atoms. The predicted octanol–water partition coefficient (Wildman–Crippen LogP) is 3.03. The molecule has 0 aliphatic carbocycles. The zero-order valence-corrected chi connectivity index (χ0v) is 13.4. The van der Waals surface area contributed by atoms with Gasteiger partial charge in [0.1, 0.15) is 11.3 Å². The smallest absolute Gasteiger partial charge is 0.271 e. The highest BCUT2D eigenvalue weighted by atomic mass is 35.5. The molecule has 3 aromatic rings. The summed E-state index contributed by atoms with van der Waals surface area (Å²) in [7, 11) is 1.59. The van der Waals surface area contributed by atoms with Gasteiger partial charge in [-0.3, -0.25) is 4.79 Å². The number of benzene rings is 1. The van der Waals surface area contributed by atoms with Crippen LogP contribution in [0.15, 0.2) is 48.8 Å². The van der Waals surface area contributed by atoms with Gasteiger partial charge < -0.3 is 14.5 Å².